The molecule has 1 saturated heterocycles. The molecule has 1 aliphatic rings. The smallest absolute Gasteiger partial charge is 0.0831 e. The van der Waals surface area contributed by atoms with E-state index in [2.05, 4.69) is 10.2 Å². The van der Waals surface area contributed by atoms with E-state index in [1.807, 2.05) is 18.8 Å². The highest BCUT2D eigenvalue weighted by atomic mass is 32.2. The monoisotopic (exact) mass is 199 g/mol. The van der Waals surface area contributed by atoms with Crippen LogP contribution in [0.2, 0.25) is 0 Å². The van der Waals surface area contributed by atoms with Gasteiger partial charge in [0.05, 0.1) is 18.0 Å². The van der Waals surface area contributed by atoms with Crippen LogP contribution in [0, 0.1) is 5.92 Å². The van der Waals surface area contributed by atoms with Crippen LogP contribution in [-0.2, 0) is 13.5 Å². The van der Waals surface area contributed by atoms with Crippen molar-refractivity contribution >= 4 is 11.8 Å². The summed E-state index contributed by atoms with van der Waals surface area (Å²) in [5.74, 6) is 2.27. The van der Waals surface area contributed by atoms with Gasteiger partial charge in [-0.3, -0.25) is 0 Å². The minimum absolute atomic E-state index is 0.160. The van der Waals surface area contributed by atoms with Crippen molar-refractivity contribution in [1.82, 2.24) is 15.0 Å². The molecule has 72 valence electrons. The summed E-state index contributed by atoms with van der Waals surface area (Å²) < 4.78 is 0. The summed E-state index contributed by atoms with van der Waals surface area (Å²) >= 11 is 1.81. The molecule has 1 aromatic rings. The Kier molecular flexibility index (Phi) is 2.55. The van der Waals surface area contributed by atoms with Crippen LogP contribution in [-0.4, -0.2) is 37.7 Å². The average Bonchev–Trinajstić information content (AvgIpc) is 2.64. The van der Waals surface area contributed by atoms with Gasteiger partial charge in [0, 0.05) is 18.7 Å². The van der Waals surface area contributed by atoms with Gasteiger partial charge in [0.1, 0.15) is 0 Å². The number of aromatic nitrogens is 3. The van der Waals surface area contributed by atoms with Gasteiger partial charge in [0.25, 0.3) is 0 Å². The average molecular weight is 199 g/mol. The molecular weight excluding hydrogens is 186 g/mol. The highest BCUT2D eigenvalue weighted by molar-refractivity contribution is 7.99. The van der Waals surface area contributed by atoms with Crippen LogP contribution in [0.15, 0.2) is 6.20 Å². The molecular formula is C8H13N3OS. The molecule has 0 aromatic carbocycles. The predicted molar refractivity (Wildman–Crippen MR) is 51.5 cm³/mol. The lowest BCUT2D eigenvalue weighted by molar-refractivity contribution is 0.149. The summed E-state index contributed by atoms with van der Waals surface area (Å²) in [6.07, 6.45) is 2.46. The second-order valence-electron chi connectivity index (χ2n) is 3.39. The van der Waals surface area contributed by atoms with E-state index >= 15 is 0 Å². The van der Waals surface area contributed by atoms with Crippen molar-refractivity contribution in [3.63, 3.8) is 0 Å². The van der Waals surface area contributed by atoms with Crippen molar-refractivity contribution < 1.29 is 5.11 Å². The van der Waals surface area contributed by atoms with Crippen molar-refractivity contribution in [2.24, 2.45) is 13.0 Å². The quantitative estimate of drug-likeness (QED) is 0.733. The second kappa shape index (κ2) is 3.67. The molecule has 0 amide bonds. The normalized spacial score (nSPS) is 28.2. The first kappa shape index (κ1) is 9.02. The maximum absolute atomic E-state index is 9.58. The van der Waals surface area contributed by atoms with E-state index in [0.29, 0.717) is 5.92 Å². The van der Waals surface area contributed by atoms with Crippen molar-refractivity contribution in [2.45, 2.75) is 12.5 Å². The van der Waals surface area contributed by atoms with E-state index in [4.69, 9.17) is 0 Å². The number of hydrogen-bond donors (Lipinski definition) is 1. The lowest BCUT2D eigenvalue weighted by Gasteiger charge is -2.10. The molecule has 13 heavy (non-hydrogen) atoms. The van der Waals surface area contributed by atoms with Gasteiger partial charge in [-0.05, 0) is 12.2 Å². The fourth-order valence-corrected chi connectivity index (χ4v) is 2.82. The highest BCUT2D eigenvalue weighted by Crippen LogP contribution is 2.26. The van der Waals surface area contributed by atoms with Crippen LogP contribution in [0.4, 0.5) is 0 Å². The zero-order valence-electron chi connectivity index (χ0n) is 7.55. The Hall–Kier alpha value is -0.550. The number of thioether (sulfide) groups is 1. The molecule has 0 spiro atoms. The van der Waals surface area contributed by atoms with Crippen molar-refractivity contribution in [3.8, 4) is 0 Å². The van der Waals surface area contributed by atoms with Gasteiger partial charge >= 0.3 is 0 Å². The molecule has 2 heterocycles. The van der Waals surface area contributed by atoms with Crippen LogP contribution >= 0.6 is 11.8 Å². The molecule has 2 atom stereocenters. The standard InChI is InChI=1S/C8H13N3OS/c1-11-9-3-7(10-11)2-6-4-13-5-8(6)12/h3,6,8,12H,2,4-5H2,1H3. The zero-order valence-corrected chi connectivity index (χ0v) is 8.37. The molecule has 0 aliphatic carbocycles. The number of aliphatic hydroxyl groups excluding tert-OH is 1. The van der Waals surface area contributed by atoms with Crippen LogP contribution in [0.3, 0.4) is 0 Å². The molecule has 2 unspecified atom stereocenters. The lowest BCUT2D eigenvalue weighted by atomic mass is 10.0. The number of aliphatic hydroxyl groups is 1. The van der Waals surface area contributed by atoms with E-state index in [1.165, 1.54) is 0 Å². The Morgan fingerprint density at radius 2 is 2.54 bits per heavy atom. The Morgan fingerprint density at radius 3 is 3.08 bits per heavy atom. The molecule has 5 heteroatoms. The fourth-order valence-electron chi connectivity index (χ4n) is 1.53. The van der Waals surface area contributed by atoms with E-state index in [1.54, 1.807) is 11.0 Å². The Bertz CT molecular complexity index is 289. The largest absolute Gasteiger partial charge is 0.392 e. The summed E-state index contributed by atoms with van der Waals surface area (Å²) in [7, 11) is 1.81. The minimum Gasteiger partial charge on any atom is -0.392 e. The van der Waals surface area contributed by atoms with E-state index in [9.17, 15) is 5.11 Å². The Labute approximate surface area is 81.3 Å². The predicted octanol–water partition coefficient (Wildman–Crippen LogP) is 0.0815. The van der Waals surface area contributed by atoms with E-state index < -0.39 is 0 Å². The Balaban J connectivity index is 1.97. The zero-order chi connectivity index (χ0) is 9.26. The number of nitrogens with zero attached hydrogens (tertiary/aromatic N) is 3. The molecule has 1 aliphatic heterocycles. The first-order valence-electron chi connectivity index (χ1n) is 4.36. The van der Waals surface area contributed by atoms with Gasteiger partial charge in [-0.25, -0.2) is 0 Å². The van der Waals surface area contributed by atoms with Gasteiger partial charge in [0.15, 0.2) is 0 Å². The topological polar surface area (TPSA) is 50.9 Å². The van der Waals surface area contributed by atoms with Crippen LogP contribution < -0.4 is 0 Å². The molecule has 0 saturated carbocycles. The lowest BCUT2D eigenvalue weighted by Crippen LogP contribution is -2.20. The third kappa shape index (κ3) is 2.03. The van der Waals surface area contributed by atoms with Gasteiger partial charge in [-0.2, -0.15) is 26.8 Å². The molecule has 0 radical (unpaired) electrons. The molecule has 0 bridgehead atoms. The number of aryl methyl sites for hydroxylation is 1. The number of hydrogen-bond acceptors (Lipinski definition) is 4. The van der Waals surface area contributed by atoms with Crippen LogP contribution in [0.25, 0.3) is 0 Å². The number of rotatable bonds is 2. The van der Waals surface area contributed by atoms with E-state index in [0.717, 1.165) is 23.6 Å². The minimum atomic E-state index is -0.160. The summed E-state index contributed by atoms with van der Waals surface area (Å²) in [5.41, 5.74) is 0.981. The highest BCUT2D eigenvalue weighted by Gasteiger charge is 2.26. The van der Waals surface area contributed by atoms with Crippen molar-refractivity contribution in [2.75, 3.05) is 11.5 Å². The third-order valence-corrected chi connectivity index (χ3v) is 3.52. The molecule has 1 fully saturated rings. The summed E-state index contributed by atoms with van der Waals surface area (Å²) in [5, 5.41) is 17.8. The molecule has 2 rings (SSSR count). The van der Waals surface area contributed by atoms with Crippen molar-refractivity contribution in [3.05, 3.63) is 11.9 Å². The fraction of sp³-hybridized carbons (Fsp3) is 0.750. The van der Waals surface area contributed by atoms with Crippen molar-refractivity contribution in [1.29, 1.82) is 0 Å². The molecule has 1 aromatic heterocycles. The second-order valence-corrected chi connectivity index (χ2v) is 4.47. The van der Waals surface area contributed by atoms with Crippen LogP contribution in [0.1, 0.15) is 5.69 Å². The summed E-state index contributed by atoms with van der Waals surface area (Å²) in [4.78, 5) is 1.56. The van der Waals surface area contributed by atoms with Gasteiger partial charge in [-0.1, -0.05) is 0 Å². The van der Waals surface area contributed by atoms with E-state index in [-0.39, 0.29) is 6.10 Å². The summed E-state index contributed by atoms with van der Waals surface area (Å²) in [6, 6.07) is 0. The molecule has 4 nitrogen and oxygen atoms in total. The first-order chi connectivity index (χ1) is 6.25. The van der Waals surface area contributed by atoms with Crippen LogP contribution in [0.5, 0.6) is 0 Å². The first-order valence-corrected chi connectivity index (χ1v) is 5.52. The maximum Gasteiger partial charge on any atom is 0.0831 e. The maximum atomic E-state index is 9.58. The van der Waals surface area contributed by atoms with Gasteiger partial charge in [0.2, 0.25) is 0 Å². The van der Waals surface area contributed by atoms with Gasteiger partial charge in [-0.15, -0.1) is 0 Å². The SMILES string of the molecule is Cn1ncc(CC2CSCC2O)n1. The summed E-state index contributed by atoms with van der Waals surface area (Å²) in [6.45, 7) is 0. The molecule has 1 N–H and O–H groups in total. The van der Waals surface area contributed by atoms with Gasteiger partial charge < -0.3 is 5.11 Å². The third-order valence-electron chi connectivity index (χ3n) is 2.28. The Morgan fingerprint density at radius 1 is 1.69 bits per heavy atom.